The lowest BCUT2D eigenvalue weighted by Gasteiger charge is -2.14. The van der Waals surface area contributed by atoms with Crippen molar-refractivity contribution in [2.45, 2.75) is 27.7 Å². The van der Waals surface area contributed by atoms with Crippen LogP contribution >= 0.6 is 11.6 Å². The number of para-hydroxylation sites is 1. The lowest BCUT2D eigenvalue weighted by molar-refractivity contribution is -0.115. The molecule has 0 atom stereocenters. The number of amides is 2. The maximum Gasteiger partial charge on any atom is 0.276 e. The van der Waals surface area contributed by atoms with Crippen LogP contribution in [0.5, 0.6) is 0 Å². The number of halogens is 1. The number of carbonyl (C=O) groups excluding carboxylic acids is 2. The van der Waals surface area contributed by atoms with E-state index in [-0.39, 0.29) is 12.2 Å². The lowest BCUT2D eigenvalue weighted by atomic mass is 10.1. The minimum atomic E-state index is -0.738. The SMILES string of the molecule is Cc1cc(C)c(NC(=O)CNC(=O)c2nn(-c3ccccc3Cl)c(C)cc2=O)c(C)c1. The Bertz CT molecular complexity index is 1210. The summed E-state index contributed by atoms with van der Waals surface area (Å²) in [6.07, 6.45) is 0. The van der Waals surface area contributed by atoms with Crippen LogP contribution in [0.1, 0.15) is 32.9 Å². The fourth-order valence-corrected chi connectivity index (χ4v) is 3.59. The molecule has 160 valence electrons. The Balaban J connectivity index is 1.77. The minimum Gasteiger partial charge on any atom is -0.341 e. The third kappa shape index (κ3) is 5.00. The Kier molecular flexibility index (Phi) is 6.56. The van der Waals surface area contributed by atoms with Crippen molar-refractivity contribution >= 4 is 29.1 Å². The van der Waals surface area contributed by atoms with E-state index in [4.69, 9.17) is 11.6 Å². The van der Waals surface area contributed by atoms with Crippen LogP contribution < -0.4 is 16.1 Å². The summed E-state index contributed by atoms with van der Waals surface area (Å²) in [6.45, 7) is 7.19. The molecule has 1 heterocycles. The zero-order valence-electron chi connectivity index (χ0n) is 17.7. The van der Waals surface area contributed by atoms with Gasteiger partial charge in [-0.15, -0.1) is 0 Å². The van der Waals surface area contributed by atoms with Crippen LogP contribution in [0.3, 0.4) is 0 Å². The number of aryl methyl sites for hydroxylation is 4. The van der Waals surface area contributed by atoms with Gasteiger partial charge < -0.3 is 10.6 Å². The number of nitrogens with one attached hydrogen (secondary N) is 2. The molecule has 0 fully saturated rings. The minimum absolute atomic E-state index is 0.299. The molecule has 0 saturated heterocycles. The van der Waals surface area contributed by atoms with Gasteiger partial charge in [-0.25, -0.2) is 4.68 Å². The number of benzene rings is 2. The van der Waals surface area contributed by atoms with Gasteiger partial charge in [0.25, 0.3) is 5.91 Å². The first-order chi connectivity index (χ1) is 14.7. The number of nitrogens with zero attached hydrogens (tertiary/aromatic N) is 2. The molecular weight excluding hydrogens is 416 g/mol. The number of anilines is 1. The van der Waals surface area contributed by atoms with E-state index >= 15 is 0 Å². The Morgan fingerprint density at radius 3 is 2.32 bits per heavy atom. The van der Waals surface area contributed by atoms with Crippen molar-refractivity contribution in [2.75, 3.05) is 11.9 Å². The molecule has 0 bridgehead atoms. The summed E-state index contributed by atoms with van der Waals surface area (Å²) in [6, 6.07) is 12.2. The highest BCUT2D eigenvalue weighted by Crippen LogP contribution is 2.22. The van der Waals surface area contributed by atoms with Crippen molar-refractivity contribution in [1.82, 2.24) is 15.1 Å². The van der Waals surface area contributed by atoms with Gasteiger partial charge in [0, 0.05) is 17.4 Å². The number of rotatable bonds is 5. The maximum absolute atomic E-state index is 12.6. The molecule has 0 aliphatic heterocycles. The molecule has 8 heteroatoms. The van der Waals surface area contributed by atoms with E-state index in [1.54, 1.807) is 31.2 Å². The average Bonchev–Trinajstić information content (AvgIpc) is 2.70. The molecule has 2 aromatic carbocycles. The van der Waals surface area contributed by atoms with E-state index in [2.05, 4.69) is 15.7 Å². The fourth-order valence-electron chi connectivity index (χ4n) is 3.38. The molecule has 3 rings (SSSR count). The molecule has 3 aromatic rings. The zero-order valence-corrected chi connectivity index (χ0v) is 18.5. The number of carbonyl (C=O) groups is 2. The average molecular weight is 439 g/mol. The van der Waals surface area contributed by atoms with Crippen LogP contribution in [0, 0.1) is 27.7 Å². The number of aromatic nitrogens is 2. The highest BCUT2D eigenvalue weighted by Gasteiger charge is 2.17. The van der Waals surface area contributed by atoms with Gasteiger partial charge in [-0.1, -0.05) is 41.4 Å². The van der Waals surface area contributed by atoms with Gasteiger partial charge in [-0.2, -0.15) is 5.10 Å². The predicted octanol–water partition coefficient (Wildman–Crippen LogP) is 3.49. The monoisotopic (exact) mass is 438 g/mol. The van der Waals surface area contributed by atoms with Gasteiger partial charge in [0.15, 0.2) is 5.69 Å². The summed E-state index contributed by atoms with van der Waals surface area (Å²) in [5.74, 6) is -1.14. The molecule has 7 nitrogen and oxygen atoms in total. The van der Waals surface area contributed by atoms with E-state index in [1.807, 2.05) is 32.9 Å². The highest BCUT2D eigenvalue weighted by atomic mass is 35.5. The fraction of sp³-hybridized carbons (Fsp3) is 0.217. The smallest absolute Gasteiger partial charge is 0.276 e. The van der Waals surface area contributed by atoms with Crippen molar-refractivity contribution in [3.63, 3.8) is 0 Å². The van der Waals surface area contributed by atoms with E-state index in [0.717, 1.165) is 16.7 Å². The van der Waals surface area contributed by atoms with Crippen LogP contribution in [0.4, 0.5) is 5.69 Å². The highest BCUT2D eigenvalue weighted by molar-refractivity contribution is 6.32. The van der Waals surface area contributed by atoms with Crippen molar-refractivity contribution < 1.29 is 9.59 Å². The first-order valence-corrected chi connectivity index (χ1v) is 10.1. The van der Waals surface area contributed by atoms with Gasteiger partial charge in [-0.05, 0) is 51.0 Å². The summed E-state index contributed by atoms with van der Waals surface area (Å²) in [7, 11) is 0. The Hall–Kier alpha value is -3.45. The number of hydrogen-bond donors (Lipinski definition) is 2. The second-order valence-electron chi connectivity index (χ2n) is 7.37. The molecule has 0 aliphatic carbocycles. The molecule has 2 amide bonds. The Labute approximate surface area is 185 Å². The van der Waals surface area contributed by atoms with E-state index in [0.29, 0.717) is 22.1 Å². The summed E-state index contributed by atoms with van der Waals surface area (Å²) in [5.41, 5.74) is 3.88. The second-order valence-corrected chi connectivity index (χ2v) is 7.77. The van der Waals surface area contributed by atoms with Gasteiger partial charge >= 0.3 is 0 Å². The molecule has 0 aliphatic rings. The topological polar surface area (TPSA) is 93.1 Å². The number of hydrogen-bond acceptors (Lipinski definition) is 4. The first kappa shape index (κ1) is 22.2. The standard InChI is InChI=1S/C23H23ClN4O3/c1-13-9-14(2)21(15(3)10-13)26-20(30)12-25-23(31)22-19(29)11-16(4)28(27-22)18-8-6-5-7-17(18)24/h5-11H,12H2,1-4H3,(H,25,31)(H,26,30). The van der Waals surface area contributed by atoms with Gasteiger partial charge in [-0.3, -0.25) is 14.4 Å². The summed E-state index contributed by atoms with van der Waals surface area (Å²) < 4.78 is 1.43. The van der Waals surface area contributed by atoms with Crippen molar-refractivity contribution in [1.29, 1.82) is 0 Å². The van der Waals surface area contributed by atoms with Gasteiger partial charge in [0.05, 0.1) is 17.3 Å². The van der Waals surface area contributed by atoms with Crippen LogP contribution in [0.25, 0.3) is 5.69 Å². The molecule has 1 aromatic heterocycles. The third-order valence-corrected chi connectivity index (χ3v) is 5.07. The molecule has 0 unspecified atom stereocenters. The summed E-state index contributed by atoms with van der Waals surface area (Å²) in [5, 5.41) is 9.88. The molecular formula is C23H23ClN4O3. The predicted molar refractivity (Wildman–Crippen MR) is 121 cm³/mol. The zero-order chi connectivity index (χ0) is 22.7. The van der Waals surface area contributed by atoms with Crippen molar-refractivity contribution in [3.05, 3.63) is 85.8 Å². The largest absolute Gasteiger partial charge is 0.341 e. The van der Waals surface area contributed by atoms with Gasteiger partial charge in [0.1, 0.15) is 0 Å². The van der Waals surface area contributed by atoms with Gasteiger partial charge in [0.2, 0.25) is 11.3 Å². The third-order valence-electron chi connectivity index (χ3n) is 4.75. The molecule has 0 saturated carbocycles. The Morgan fingerprint density at radius 2 is 1.68 bits per heavy atom. The normalized spacial score (nSPS) is 10.6. The van der Waals surface area contributed by atoms with Crippen LogP contribution in [0.2, 0.25) is 5.02 Å². The van der Waals surface area contributed by atoms with E-state index in [1.165, 1.54) is 10.7 Å². The Morgan fingerprint density at radius 1 is 1.03 bits per heavy atom. The van der Waals surface area contributed by atoms with Crippen LogP contribution in [-0.4, -0.2) is 28.1 Å². The van der Waals surface area contributed by atoms with E-state index in [9.17, 15) is 14.4 Å². The summed E-state index contributed by atoms with van der Waals surface area (Å²) in [4.78, 5) is 37.3. The van der Waals surface area contributed by atoms with Crippen molar-refractivity contribution in [2.24, 2.45) is 0 Å². The second kappa shape index (κ2) is 9.14. The van der Waals surface area contributed by atoms with E-state index < -0.39 is 17.2 Å². The molecule has 31 heavy (non-hydrogen) atoms. The molecule has 2 N–H and O–H groups in total. The molecule has 0 spiro atoms. The maximum atomic E-state index is 12.6. The van der Waals surface area contributed by atoms with Crippen LogP contribution in [0.15, 0.2) is 47.3 Å². The molecule has 0 radical (unpaired) electrons. The quantitative estimate of drug-likeness (QED) is 0.637. The van der Waals surface area contributed by atoms with Crippen LogP contribution in [-0.2, 0) is 4.79 Å². The summed E-state index contributed by atoms with van der Waals surface area (Å²) >= 11 is 6.22. The lowest BCUT2D eigenvalue weighted by Crippen LogP contribution is -2.37. The first-order valence-electron chi connectivity index (χ1n) is 9.69. The van der Waals surface area contributed by atoms with Crippen molar-refractivity contribution in [3.8, 4) is 5.69 Å².